The number of ether oxygens (including phenoxy) is 3. The maximum atomic E-state index is 12.1. The van der Waals surface area contributed by atoms with Crippen molar-refractivity contribution in [2.75, 3.05) is 18.1 Å². The monoisotopic (exact) mass is 503 g/mol. The third-order valence-electron chi connectivity index (χ3n) is 5.58. The Morgan fingerprint density at radius 1 is 1.06 bits per heavy atom. The first-order chi connectivity index (χ1) is 16.9. The molecule has 190 valence electrons. The second kappa shape index (κ2) is 13.6. The van der Waals surface area contributed by atoms with Crippen molar-refractivity contribution in [3.63, 3.8) is 0 Å². The van der Waals surface area contributed by atoms with Gasteiger partial charge in [0, 0.05) is 37.0 Å². The number of benzene rings is 2. The van der Waals surface area contributed by atoms with Gasteiger partial charge >= 0.3 is 5.97 Å². The third-order valence-corrected chi connectivity index (χ3v) is 6.66. The van der Waals surface area contributed by atoms with Gasteiger partial charge in [-0.1, -0.05) is 48.5 Å². The van der Waals surface area contributed by atoms with Gasteiger partial charge in [0.2, 0.25) is 0 Å². The first kappa shape index (κ1) is 27.2. The number of carbonyl (C=O) groups is 2. The molecule has 0 aliphatic carbocycles. The van der Waals surface area contributed by atoms with Crippen molar-refractivity contribution in [3.8, 4) is 0 Å². The van der Waals surface area contributed by atoms with Crippen LogP contribution in [0.25, 0.3) is 0 Å². The fraction of sp³-hybridized carbons (Fsp3) is 0.462. The minimum Gasteiger partial charge on any atom is -0.453 e. The molecular formula is C26H33NO7S. The zero-order valence-corrected chi connectivity index (χ0v) is 20.8. The molecule has 2 aromatic carbocycles. The molecule has 0 radical (unpaired) electrons. The lowest BCUT2D eigenvalue weighted by molar-refractivity contribution is -0.245. The van der Waals surface area contributed by atoms with Crippen molar-refractivity contribution < 1.29 is 34.0 Å². The number of hydrogen-bond acceptors (Lipinski definition) is 8. The van der Waals surface area contributed by atoms with Gasteiger partial charge in [-0.3, -0.25) is 9.59 Å². The number of rotatable bonds is 11. The van der Waals surface area contributed by atoms with E-state index in [1.54, 1.807) is 11.8 Å². The van der Waals surface area contributed by atoms with E-state index in [9.17, 15) is 14.7 Å². The minimum absolute atomic E-state index is 0.00652. The molecule has 8 nitrogen and oxygen atoms in total. The molecule has 1 fully saturated rings. The van der Waals surface area contributed by atoms with E-state index in [1.807, 2.05) is 48.5 Å². The van der Waals surface area contributed by atoms with Gasteiger partial charge in [-0.15, -0.1) is 0 Å². The molecule has 4 atom stereocenters. The van der Waals surface area contributed by atoms with Crippen LogP contribution in [0, 0.1) is 0 Å². The summed E-state index contributed by atoms with van der Waals surface area (Å²) in [6.45, 7) is 3.22. The number of nitrogens with one attached hydrogen (secondary N) is 1. The topological polar surface area (TPSA) is 114 Å². The maximum Gasteiger partial charge on any atom is 0.303 e. The Kier molecular flexibility index (Phi) is 10.6. The Labute approximate surface area is 210 Å². The fourth-order valence-electron chi connectivity index (χ4n) is 3.73. The number of thioether (sulfide) groups is 1. The largest absolute Gasteiger partial charge is 0.453 e. The van der Waals surface area contributed by atoms with Crippen LogP contribution in [-0.2, 0) is 37.0 Å². The number of amides is 1. The SMILES string of the molecule is CC(=O)O[C@@H](C)C(=O)NCc1ccc([C@H]2O[C@@H](CSCCO)C[C@@H](c3ccc(CO)cc3)O2)cc1. The van der Waals surface area contributed by atoms with Crippen molar-refractivity contribution in [2.24, 2.45) is 0 Å². The van der Waals surface area contributed by atoms with Crippen LogP contribution in [-0.4, -0.2) is 52.4 Å². The summed E-state index contributed by atoms with van der Waals surface area (Å²) in [6.07, 6.45) is -0.922. The Morgan fingerprint density at radius 2 is 1.71 bits per heavy atom. The predicted molar refractivity (Wildman–Crippen MR) is 132 cm³/mol. The molecule has 3 rings (SSSR count). The average Bonchev–Trinajstić information content (AvgIpc) is 2.87. The van der Waals surface area contributed by atoms with Crippen LogP contribution >= 0.6 is 11.8 Å². The second-order valence-electron chi connectivity index (χ2n) is 8.36. The summed E-state index contributed by atoms with van der Waals surface area (Å²) in [6, 6.07) is 15.3. The van der Waals surface area contributed by atoms with Gasteiger partial charge < -0.3 is 29.7 Å². The Balaban J connectivity index is 1.66. The molecule has 1 saturated heterocycles. The van der Waals surface area contributed by atoms with E-state index in [0.29, 0.717) is 18.7 Å². The van der Waals surface area contributed by atoms with Gasteiger partial charge in [0.15, 0.2) is 12.4 Å². The molecule has 1 aliphatic heterocycles. The zero-order chi connectivity index (χ0) is 25.2. The van der Waals surface area contributed by atoms with E-state index in [1.165, 1.54) is 13.8 Å². The van der Waals surface area contributed by atoms with Gasteiger partial charge in [0.05, 0.1) is 25.4 Å². The van der Waals surface area contributed by atoms with Crippen LogP contribution < -0.4 is 5.32 Å². The smallest absolute Gasteiger partial charge is 0.303 e. The first-order valence-electron chi connectivity index (χ1n) is 11.6. The summed E-state index contributed by atoms with van der Waals surface area (Å²) in [4.78, 5) is 23.1. The molecule has 0 aromatic heterocycles. The molecule has 1 heterocycles. The molecule has 9 heteroatoms. The molecular weight excluding hydrogens is 470 g/mol. The fourth-order valence-corrected chi connectivity index (χ4v) is 4.50. The molecule has 0 saturated carbocycles. The number of carbonyl (C=O) groups excluding carboxylic acids is 2. The first-order valence-corrected chi connectivity index (χ1v) is 12.8. The van der Waals surface area contributed by atoms with Crippen LogP contribution in [0.3, 0.4) is 0 Å². The van der Waals surface area contributed by atoms with E-state index in [0.717, 1.165) is 28.0 Å². The van der Waals surface area contributed by atoms with Crippen LogP contribution in [0.4, 0.5) is 0 Å². The standard InChI is InChI=1S/C26H33NO7S/c1-17(32-18(2)30)25(31)27-14-19-3-9-22(10-4-19)26-33-23(16-35-12-11-28)13-24(34-26)21-7-5-20(15-29)6-8-21/h3-10,17,23-24,26,28-29H,11-16H2,1-2H3,(H,27,31)/t17-,23+,24-,26-/m0/s1. The third kappa shape index (κ3) is 8.33. The predicted octanol–water partition coefficient (Wildman–Crippen LogP) is 3.02. The van der Waals surface area contributed by atoms with E-state index in [4.69, 9.17) is 19.3 Å². The molecule has 3 N–H and O–H groups in total. The second-order valence-corrected chi connectivity index (χ2v) is 9.51. The molecule has 1 amide bonds. The summed E-state index contributed by atoms with van der Waals surface area (Å²) in [5.74, 6) is 0.537. The molecule has 1 aliphatic rings. The van der Waals surface area contributed by atoms with Gasteiger partial charge in [0.25, 0.3) is 5.91 Å². The summed E-state index contributed by atoms with van der Waals surface area (Å²) >= 11 is 1.64. The lowest BCUT2D eigenvalue weighted by Gasteiger charge is -2.36. The summed E-state index contributed by atoms with van der Waals surface area (Å²) in [5.41, 5.74) is 3.62. The highest BCUT2D eigenvalue weighted by atomic mass is 32.2. The lowest BCUT2D eigenvalue weighted by Crippen LogP contribution is -2.35. The number of esters is 1. The van der Waals surface area contributed by atoms with Crippen LogP contribution in [0.5, 0.6) is 0 Å². The van der Waals surface area contributed by atoms with Crippen molar-refractivity contribution in [1.82, 2.24) is 5.32 Å². The van der Waals surface area contributed by atoms with Crippen molar-refractivity contribution in [2.45, 2.75) is 58.0 Å². The highest BCUT2D eigenvalue weighted by molar-refractivity contribution is 7.99. The van der Waals surface area contributed by atoms with Crippen molar-refractivity contribution in [1.29, 1.82) is 0 Å². The van der Waals surface area contributed by atoms with E-state index < -0.39 is 18.4 Å². The van der Waals surface area contributed by atoms with E-state index >= 15 is 0 Å². The highest BCUT2D eigenvalue weighted by Gasteiger charge is 2.32. The summed E-state index contributed by atoms with van der Waals surface area (Å²) in [5, 5.41) is 21.2. The number of hydrogen-bond donors (Lipinski definition) is 3. The van der Waals surface area contributed by atoms with Crippen LogP contribution in [0.1, 0.15) is 54.9 Å². The van der Waals surface area contributed by atoms with Crippen molar-refractivity contribution in [3.05, 3.63) is 70.8 Å². The Bertz CT molecular complexity index is 951. The quantitative estimate of drug-likeness (QED) is 0.317. The highest BCUT2D eigenvalue weighted by Crippen LogP contribution is 2.38. The number of aliphatic hydroxyl groups is 2. The van der Waals surface area contributed by atoms with Gasteiger partial charge in [-0.2, -0.15) is 11.8 Å². The Hall–Kier alpha value is -2.43. The summed E-state index contributed by atoms with van der Waals surface area (Å²) in [7, 11) is 0. The van der Waals surface area contributed by atoms with E-state index in [-0.39, 0.29) is 31.3 Å². The maximum absolute atomic E-state index is 12.1. The van der Waals surface area contributed by atoms with Crippen molar-refractivity contribution >= 4 is 23.6 Å². The van der Waals surface area contributed by atoms with Crippen LogP contribution in [0.2, 0.25) is 0 Å². The van der Waals surface area contributed by atoms with Crippen LogP contribution in [0.15, 0.2) is 48.5 Å². The zero-order valence-electron chi connectivity index (χ0n) is 20.0. The Morgan fingerprint density at radius 3 is 2.34 bits per heavy atom. The number of aliphatic hydroxyl groups excluding tert-OH is 2. The minimum atomic E-state index is -0.847. The van der Waals surface area contributed by atoms with Gasteiger partial charge in [-0.05, 0) is 23.6 Å². The average molecular weight is 504 g/mol. The van der Waals surface area contributed by atoms with E-state index in [2.05, 4.69) is 5.32 Å². The molecule has 0 unspecified atom stereocenters. The lowest BCUT2D eigenvalue weighted by atomic mass is 10.0. The van der Waals surface area contributed by atoms with Gasteiger partial charge in [-0.25, -0.2) is 0 Å². The molecule has 0 bridgehead atoms. The van der Waals surface area contributed by atoms with Gasteiger partial charge in [0.1, 0.15) is 0 Å². The molecule has 2 aromatic rings. The summed E-state index contributed by atoms with van der Waals surface area (Å²) < 4.78 is 17.4. The normalized spacial score (nSPS) is 20.7. The molecule has 35 heavy (non-hydrogen) atoms. The molecule has 0 spiro atoms.